The van der Waals surface area contributed by atoms with Gasteiger partial charge in [0.05, 0.1) is 23.5 Å². The summed E-state index contributed by atoms with van der Waals surface area (Å²) in [7, 11) is 0. The molecule has 0 unspecified atom stereocenters. The highest BCUT2D eigenvalue weighted by atomic mass is 16.5. The summed E-state index contributed by atoms with van der Waals surface area (Å²) in [6.45, 7) is 2.77. The maximum absolute atomic E-state index is 8.90. The van der Waals surface area contributed by atoms with E-state index in [1.165, 1.54) is 12.8 Å². The van der Waals surface area contributed by atoms with Gasteiger partial charge in [0.1, 0.15) is 12.4 Å². The molecular formula is C25H24N2O. The first-order valence-corrected chi connectivity index (χ1v) is 9.65. The predicted molar refractivity (Wildman–Crippen MR) is 114 cm³/mol. The van der Waals surface area contributed by atoms with Crippen molar-refractivity contribution >= 4 is 0 Å². The molecule has 3 rings (SSSR count). The lowest BCUT2D eigenvalue weighted by Gasteiger charge is -2.06. The minimum atomic E-state index is 0.573. The van der Waals surface area contributed by atoms with Crippen LogP contribution < -0.4 is 4.74 Å². The molecule has 0 radical (unpaired) electrons. The van der Waals surface area contributed by atoms with Crippen molar-refractivity contribution in [2.24, 2.45) is 0 Å². The van der Waals surface area contributed by atoms with Crippen molar-refractivity contribution in [3.8, 4) is 34.2 Å². The van der Waals surface area contributed by atoms with Crippen LogP contribution in [-0.4, -0.2) is 11.6 Å². The molecule has 0 aliphatic carbocycles. The molecule has 0 bridgehead atoms. The molecule has 1 heterocycles. The van der Waals surface area contributed by atoms with Gasteiger partial charge in [-0.3, -0.25) is 4.98 Å². The number of pyridine rings is 1. The number of benzene rings is 2. The number of hydrogen-bond donors (Lipinski definition) is 0. The monoisotopic (exact) mass is 368 g/mol. The highest BCUT2D eigenvalue weighted by Crippen LogP contribution is 2.25. The van der Waals surface area contributed by atoms with Gasteiger partial charge in [-0.2, -0.15) is 5.26 Å². The molecule has 3 nitrogen and oxygen atoms in total. The molecule has 28 heavy (non-hydrogen) atoms. The Morgan fingerprint density at radius 1 is 0.893 bits per heavy atom. The van der Waals surface area contributed by atoms with Gasteiger partial charge >= 0.3 is 0 Å². The average Bonchev–Trinajstić information content (AvgIpc) is 2.77. The lowest BCUT2D eigenvalue weighted by Crippen LogP contribution is -1.94. The number of ether oxygens (including phenoxy) is 1. The number of nitriles is 1. The minimum Gasteiger partial charge on any atom is -0.488 e. The Bertz CT molecular complexity index is 934. The highest BCUT2D eigenvalue weighted by molar-refractivity contribution is 5.69. The van der Waals surface area contributed by atoms with Crippen LogP contribution in [0.2, 0.25) is 0 Å². The van der Waals surface area contributed by atoms with Crippen molar-refractivity contribution in [2.45, 2.75) is 26.2 Å². The average molecular weight is 368 g/mol. The lowest BCUT2D eigenvalue weighted by atomic mass is 10.0. The summed E-state index contributed by atoms with van der Waals surface area (Å²) in [6.07, 6.45) is 9.53. The van der Waals surface area contributed by atoms with Gasteiger partial charge in [-0.05, 0) is 41.8 Å². The van der Waals surface area contributed by atoms with Gasteiger partial charge in [0, 0.05) is 5.56 Å². The Morgan fingerprint density at radius 3 is 2.18 bits per heavy atom. The first kappa shape index (κ1) is 19.4. The van der Waals surface area contributed by atoms with Crippen molar-refractivity contribution in [1.82, 2.24) is 4.98 Å². The number of rotatable bonds is 8. The van der Waals surface area contributed by atoms with Crippen molar-refractivity contribution in [3.05, 3.63) is 84.6 Å². The predicted octanol–water partition coefficient (Wildman–Crippen LogP) is 6.41. The number of unbranched alkanes of at least 4 members (excludes halogenated alkanes) is 2. The van der Waals surface area contributed by atoms with Gasteiger partial charge in [-0.15, -0.1) is 0 Å². The van der Waals surface area contributed by atoms with Gasteiger partial charge in [0.25, 0.3) is 0 Å². The normalized spacial score (nSPS) is 10.7. The van der Waals surface area contributed by atoms with E-state index in [1.807, 2.05) is 36.4 Å². The second-order valence-corrected chi connectivity index (χ2v) is 6.57. The first-order valence-electron chi connectivity index (χ1n) is 9.65. The fourth-order valence-corrected chi connectivity index (χ4v) is 2.86. The van der Waals surface area contributed by atoms with Crippen molar-refractivity contribution in [1.29, 1.82) is 5.26 Å². The molecule has 0 aliphatic heterocycles. The molecule has 3 aromatic rings. The smallest absolute Gasteiger partial charge is 0.138 e. The maximum Gasteiger partial charge on any atom is 0.138 e. The van der Waals surface area contributed by atoms with Gasteiger partial charge in [0.2, 0.25) is 0 Å². The fourth-order valence-electron chi connectivity index (χ4n) is 2.86. The van der Waals surface area contributed by atoms with Crippen LogP contribution in [0.1, 0.15) is 31.7 Å². The van der Waals surface area contributed by atoms with Crippen LogP contribution >= 0.6 is 0 Å². The molecule has 0 spiro atoms. The number of allylic oxidation sites excluding steroid dienone is 1. The summed E-state index contributed by atoms with van der Waals surface area (Å²) in [4.78, 5) is 4.52. The van der Waals surface area contributed by atoms with E-state index < -0.39 is 0 Å². The van der Waals surface area contributed by atoms with E-state index in [0.29, 0.717) is 12.2 Å². The van der Waals surface area contributed by atoms with E-state index >= 15 is 0 Å². The molecule has 0 fully saturated rings. The van der Waals surface area contributed by atoms with Crippen LogP contribution in [-0.2, 0) is 0 Å². The third-order valence-electron chi connectivity index (χ3n) is 4.50. The van der Waals surface area contributed by atoms with E-state index in [2.05, 4.69) is 54.4 Å². The second kappa shape index (κ2) is 10.1. The summed E-state index contributed by atoms with van der Waals surface area (Å²) in [5.74, 6) is 0.776. The largest absolute Gasteiger partial charge is 0.488 e. The van der Waals surface area contributed by atoms with Gasteiger partial charge in [-0.1, -0.05) is 68.3 Å². The molecule has 1 aromatic heterocycles. The first-order chi connectivity index (χ1) is 13.8. The lowest BCUT2D eigenvalue weighted by molar-refractivity contribution is 0.361. The summed E-state index contributed by atoms with van der Waals surface area (Å²) in [5, 5.41) is 8.90. The highest BCUT2D eigenvalue weighted by Gasteiger charge is 2.03. The molecule has 0 saturated heterocycles. The van der Waals surface area contributed by atoms with Crippen molar-refractivity contribution in [2.75, 3.05) is 6.61 Å². The Balaban J connectivity index is 1.60. The van der Waals surface area contributed by atoms with Crippen LogP contribution in [0.4, 0.5) is 0 Å². The Hall–Kier alpha value is -3.38. The topological polar surface area (TPSA) is 45.9 Å². The van der Waals surface area contributed by atoms with E-state index in [4.69, 9.17) is 10.00 Å². The summed E-state index contributed by atoms with van der Waals surface area (Å²) < 4.78 is 5.70. The van der Waals surface area contributed by atoms with Crippen LogP contribution in [0.15, 0.2) is 79.0 Å². The van der Waals surface area contributed by atoms with Gasteiger partial charge in [-0.25, -0.2) is 0 Å². The maximum atomic E-state index is 8.90. The van der Waals surface area contributed by atoms with E-state index in [-0.39, 0.29) is 0 Å². The molecule has 0 amide bonds. The SMILES string of the molecule is CCCCC=CCOc1ccc(-c2ccc(-c3ccc(C#N)cc3)cc2)nc1. The summed E-state index contributed by atoms with van der Waals surface area (Å²) >= 11 is 0. The van der Waals surface area contributed by atoms with Crippen LogP contribution in [0, 0.1) is 11.3 Å². The summed E-state index contributed by atoms with van der Waals surface area (Å²) in [6, 6.07) is 22.0. The van der Waals surface area contributed by atoms with Gasteiger partial charge in [0.15, 0.2) is 0 Å². The number of hydrogen-bond acceptors (Lipinski definition) is 3. The van der Waals surface area contributed by atoms with Crippen LogP contribution in [0.3, 0.4) is 0 Å². The van der Waals surface area contributed by atoms with E-state index in [1.54, 1.807) is 6.20 Å². The number of aromatic nitrogens is 1. The zero-order valence-electron chi connectivity index (χ0n) is 16.1. The third-order valence-corrected chi connectivity index (χ3v) is 4.50. The number of nitrogens with zero attached hydrogens (tertiary/aromatic N) is 2. The third kappa shape index (κ3) is 5.31. The van der Waals surface area contributed by atoms with Crippen LogP contribution in [0.5, 0.6) is 5.75 Å². The molecule has 2 aromatic carbocycles. The quantitative estimate of drug-likeness (QED) is 0.341. The second-order valence-electron chi connectivity index (χ2n) is 6.57. The Labute approximate surface area is 167 Å². The van der Waals surface area contributed by atoms with E-state index in [9.17, 15) is 0 Å². The molecule has 0 aliphatic rings. The minimum absolute atomic E-state index is 0.573. The molecule has 0 saturated carbocycles. The summed E-state index contributed by atoms with van der Waals surface area (Å²) in [5.41, 5.74) is 4.85. The van der Waals surface area contributed by atoms with E-state index in [0.717, 1.165) is 34.6 Å². The molecule has 0 N–H and O–H groups in total. The molecule has 140 valence electrons. The zero-order chi connectivity index (χ0) is 19.6. The molecule has 0 atom stereocenters. The Morgan fingerprint density at radius 2 is 1.57 bits per heavy atom. The van der Waals surface area contributed by atoms with Crippen LogP contribution in [0.25, 0.3) is 22.4 Å². The zero-order valence-corrected chi connectivity index (χ0v) is 16.1. The van der Waals surface area contributed by atoms with Gasteiger partial charge < -0.3 is 4.74 Å². The molecular weight excluding hydrogens is 344 g/mol. The van der Waals surface area contributed by atoms with Crippen molar-refractivity contribution in [3.63, 3.8) is 0 Å². The Kier molecular flexibility index (Phi) is 6.98. The molecule has 3 heteroatoms. The fraction of sp³-hybridized carbons (Fsp3) is 0.200. The van der Waals surface area contributed by atoms with Crippen molar-refractivity contribution < 1.29 is 4.74 Å². The standard InChI is InChI=1S/C25H24N2O/c1-2-3-4-5-6-17-28-24-15-16-25(27-19-24)23-13-11-22(12-14-23)21-9-7-20(18-26)8-10-21/h5-16,19H,2-4,17H2,1H3.